The number of nitrogens with zero attached hydrogens (tertiary/aromatic N) is 1. The lowest BCUT2D eigenvalue weighted by molar-refractivity contribution is -0.121. The summed E-state index contributed by atoms with van der Waals surface area (Å²) in [5.41, 5.74) is 2.14. The maximum Gasteiger partial charge on any atom is 0.220 e. The number of carbonyl (C=O) groups excluding carboxylic acids is 1. The van der Waals surface area contributed by atoms with Gasteiger partial charge in [-0.15, -0.1) is 11.3 Å². The van der Waals surface area contributed by atoms with E-state index in [2.05, 4.69) is 35.4 Å². The largest absolute Gasteiger partial charge is 0.457 e. The monoisotopic (exact) mass is 376 g/mol. The lowest BCUT2D eigenvalue weighted by Crippen LogP contribution is -2.23. The Balaban J connectivity index is 1.36. The zero-order valence-corrected chi connectivity index (χ0v) is 15.8. The van der Waals surface area contributed by atoms with Gasteiger partial charge in [-0.05, 0) is 35.7 Å². The second-order valence-electron chi connectivity index (χ2n) is 6.55. The third-order valence-electron chi connectivity index (χ3n) is 4.49. The van der Waals surface area contributed by atoms with Gasteiger partial charge in [0, 0.05) is 6.42 Å². The summed E-state index contributed by atoms with van der Waals surface area (Å²) < 4.78 is 7.01. The van der Waals surface area contributed by atoms with E-state index in [-0.39, 0.29) is 11.8 Å². The Labute approximate surface area is 161 Å². The van der Waals surface area contributed by atoms with Gasteiger partial charge in [-0.2, -0.15) is 0 Å². The Kier molecular flexibility index (Phi) is 5.03. The number of rotatable bonds is 6. The second kappa shape index (κ2) is 7.76. The SMILES string of the molecule is CC(CC(=O)NCc1ccc(-c2nc3ccccc3s2)o1)c1ccccc1. The van der Waals surface area contributed by atoms with Crippen LogP contribution in [0.5, 0.6) is 0 Å². The van der Waals surface area contributed by atoms with Crippen molar-refractivity contribution in [1.82, 2.24) is 10.3 Å². The Morgan fingerprint density at radius 2 is 1.85 bits per heavy atom. The number of aromatic nitrogens is 1. The third-order valence-corrected chi connectivity index (χ3v) is 5.54. The van der Waals surface area contributed by atoms with Crippen LogP contribution in [0.25, 0.3) is 21.0 Å². The summed E-state index contributed by atoms with van der Waals surface area (Å²) in [5, 5.41) is 3.79. The van der Waals surface area contributed by atoms with Gasteiger partial charge in [-0.25, -0.2) is 4.98 Å². The molecule has 2 aromatic carbocycles. The summed E-state index contributed by atoms with van der Waals surface area (Å²) in [5.74, 6) is 1.66. The highest BCUT2D eigenvalue weighted by atomic mass is 32.1. The van der Waals surface area contributed by atoms with Crippen molar-refractivity contribution in [1.29, 1.82) is 0 Å². The molecule has 4 aromatic rings. The van der Waals surface area contributed by atoms with Gasteiger partial charge in [-0.3, -0.25) is 4.79 Å². The van der Waals surface area contributed by atoms with Crippen LogP contribution in [0.3, 0.4) is 0 Å². The van der Waals surface area contributed by atoms with Crippen LogP contribution in [-0.4, -0.2) is 10.9 Å². The zero-order chi connectivity index (χ0) is 18.6. The van der Waals surface area contributed by atoms with Crippen molar-refractivity contribution < 1.29 is 9.21 Å². The van der Waals surface area contributed by atoms with E-state index in [1.807, 2.05) is 48.5 Å². The van der Waals surface area contributed by atoms with Crippen LogP contribution in [-0.2, 0) is 11.3 Å². The van der Waals surface area contributed by atoms with Crippen molar-refractivity contribution in [2.75, 3.05) is 0 Å². The predicted octanol–water partition coefficient (Wildman–Crippen LogP) is 5.37. The van der Waals surface area contributed by atoms with Crippen molar-refractivity contribution in [3.05, 3.63) is 78.1 Å². The minimum absolute atomic E-state index is 0.0179. The fraction of sp³-hybridized carbons (Fsp3) is 0.182. The first kappa shape index (κ1) is 17.5. The Bertz CT molecular complexity index is 1020. The third kappa shape index (κ3) is 4.09. The van der Waals surface area contributed by atoms with Gasteiger partial charge < -0.3 is 9.73 Å². The normalized spacial score (nSPS) is 12.2. The molecule has 136 valence electrons. The number of furan rings is 1. The predicted molar refractivity (Wildman–Crippen MR) is 109 cm³/mol. The van der Waals surface area contributed by atoms with Gasteiger partial charge in [0.25, 0.3) is 0 Å². The molecule has 0 saturated heterocycles. The number of amides is 1. The average Bonchev–Trinajstić information content (AvgIpc) is 3.33. The van der Waals surface area contributed by atoms with Gasteiger partial charge >= 0.3 is 0 Å². The van der Waals surface area contributed by atoms with Crippen LogP contribution in [0.2, 0.25) is 0 Å². The summed E-state index contributed by atoms with van der Waals surface area (Å²) in [7, 11) is 0. The quantitative estimate of drug-likeness (QED) is 0.492. The number of para-hydroxylation sites is 1. The minimum atomic E-state index is 0.0179. The molecule has 27 heavy (non-hydrogen) atoms. The Hall–Kier alpha value is -2.92. The van der Waals surface area contributed by atoms with Crippen molar-refractivity contribution in [2.24, 2.45) is 0 Å². The van der Waals surface area contributed by atoms with E-state index in [0.29, 0.717) is 13.0 Å². The average molecular weight is 376 g/mol. The number of nitrogens with one attached hydrogen (secondary N) is 1. The molecule has 0 aliphatic heterocycles. The Morgan fingerprint density at radius 3 is 2.67 bits per heavy atom. The number of hydrogen-bond acceptors (Lipinski definition) is 4. The lowest BCUT2D eigenvalue weighted by Gasteiger charge is -2.11. The standard InChI is InChI=1S/C22H20N2O2S/c1-15(16-7-3-2-4-8-16)13-21(25)23-14-17-11-12-19(26-17)22-24-18-9-5-6-10-20(18)27-22/h2-12,15H,13-14H2,1H3,(H,23,25). The molecule has 4 nitrogen and oxygen atoms in total. The molecule has 0 saturated carbocycles. The van der Waals surface area contributed by atoms with Crippen molar-refractivity contribution >= 4 is 27.5 Å². The molecule has 0 radical (unpaired) electrons. The molecule has 0 aliphatic carbocycles. The number of hydrogen-bond donors (Lipinski definition) is 1. The van der Waals surface area contributed by atoms with E-state index >= 15 is 0 Å². The van der Waals surface area contributed by atoms with E-state index < -0.39 is 0 Å². The van der Waals surface area contributed by atoms with Gasteiger partial charge in [0.2, 0.25) is 5.91 Å². The number of thiazole rings is 1. The minimum Gasteiger partial charge on any atom is -0.457 e. The molecular weight excluding hydrogens is 356 g/mol. The van der Waals surface area contributed by atoms with Gasteiger partial charge in [0.1, 0.15) is 5.76 Å². The molecule has 2 heterocycles. The molecule has 2 aromatic heterocycles. The highest BCUT2D eigenvalue weighted by molar-refractivity contribution is 7.21. The van der Waals surface area contributed by atoms with E-state index in [1.165, 1.54) is 5.56 Å². The molecule has 1 unspecified atom stereocenters. The van der Waals surface area contributed by atoms with Crippen LogP contribution >= 0.6 is 11.3 Å². The molecule has 1 atom stereocenters. The molecule has 0 bridgehead atoms. The first-order valence-corrected chi connectivity index (χ1v) is 9.77. The van der Waals surface area contributed by atoms with Crippen LogP contribution in [0, 0.1) is 0 Å². The number of carbonyl (C=O) groups is 1. The molecule has 1 N–H and O–H groups in total. The first-order chi connectivity index (χ1) is 13.2. The number of fused-ring (bicyclic) bond motifs is 1. The lowest BCUT2D eigenvalue weighted by atomic mass is 9.98. The summed E-state index contributed by atoms with van der Waals surface area (Å²) in [6.07, 6.45) is 0.454. The fourth-order valence-corrected chi connectivity index (χ4v) is 3.93. The van der Waals surface area contributed by atoms with E-state index in [9.17, 15) is 4.79 Å². The maximum atomic E-state index is 12.2. The Morgan fingerprint density at radius 1 is 1.07 bits per heavy atom. The highest BCUT2D eigenvalue weighted by Crippen LogP contribution is 2.31. The molecule has 1 amide bonds. The molecular formula is C22H20N2O2S. The summed E-state index contributed by atoms with van der Waals surface area (Å²) in [6.45, 7) is 2.44. The number of benzene rings is 2. The smallest absolute Gasteiger partial charge is 0.220 e. The maximum absolute atomic E-state index is 12.2. The highest BCUT2D eigenvalue weighted by Gasteiger charge is 2.13. The van der Waals surface area contributed by atoms with Crippen LogP contribution in [0.15, 0.2) is 71.1 Å². The van der Waals surface area contributed by atoms with Crippen LogP contribution in [0.4, 0.5) is 0 Å². The van der Waals surface area contributed by atoms with Crippen molar-refractivity contribution in [3.63, 3.8) is 0 Å². The summed E-state index contributed by atoms with van der Waals surface area (Å²) in [4.78, 5) is 16.8. The molecule has 0 spiro atoms. The van der Waals surface area contributed by atoms with Crippen molar-refractivity contribution in [2.45, 2.75) is 25.8 Å². The van der Waals surface area contributed by atoms with E-state index in [4.69, 9.17) is 4.42 Å². The first-order valence-electron chi connectivity index (χ1n) is 8.95. The van der Waals surface area contributed by atoms with Gasteiger partial charge in [-0.1, -0.05) is 49.4 Å². The molecule has 0 aliphatic rings. The summed E-state index contributed by atoms with van der Waals surface area (Å²) >= 11 is 1.60. The second-order valence-corrected chi connectivity index (χ2v) is 7.58. The topological polar surface area (TPSA) is 55.1 Å². The van der Waals surface area contributed by atoms with Gasteiger partial charge in [0.15, 0.2) is 10.8 Å². The fourth-order valence-electron chi connectivity index (χ4n) is 3.00. The molecule has 4 rings (SSSR count). The zero-order valence-electron chi connectivity index (χ0n) is 15.0. The molecule has 5 heteroatoms. The van der Waals surface area contributed by atoms with Gasteiger partial charge in [0.05, 0.1) is 16.8 Å². The van der Waals surface area contributed by atoms with Crippen molar-refractivity contribution in [3.8, 4) is 10.8 Å². The summed E-state index contributed by atoms with van der Waals surface area (Å²) in [6, 6.07) is 21.9. The van der Waals surface area contributed by atoms with E-state index in [0.717, 1.165) is 26.7 Å². The van der Waals surface area contributed by atoms with E-state index in [1.54, 1.807) is 11.3 Å². The molecule has 0 fully saturated rings. The van der Waals surface area contributed by atoms with Crippen LogP contribution in [0.1, 0.15) is 30.6 Å². The van der Waals surface area contributed by atoms with Crippen LogP contribution < -0.4 is 5.32 Å².